The lowest BCUT2D eigenvalue weighted by molar-refractivity contribution is -0.120. The average Bonchev–Trinajstić information content (AvgIpc) is 2.95. The van der Waals surface area contributed by atoms with Crippen LogP contribution in [0.15, 0.2) is 60.8 Å². The zero-order valence-corrected chi connectivity index (χ0v) is 12.8. The molecular formula is C19H19FN2O. The lowest BCUT2D eigenvalue weighted by Crippen LogP contribution is -2.26. The number of hydrogen-bond donors (Lipinski definition) is 1. The molecule has 1 heterocycles. The molecule has 2 aromatic carbocycles. The molecule has 0 saturated heterocycles. The summed E-state index contributed by atoms with van der Waals surface area (Å²) in [7, 11) is 0. The molecule has 1 N–H and O–H groups in total. The second-order valence-electron chi connectivity index (χ2n) is 5.58. The number of rotatable bonds is 6. The van der Waals surface area contributed by atoms with Crippen molar-refractivity contribution in [3.05, 3.63) is 72.2 Å². The highest BCUT2D eigenvalue weighted by molar-refractivity contribution is 5.80. The molecule has 0 saturated carbocycles. The molecule has 3 aromatic rings. The predicted molar refractivity (Wildman–Crippen MR) is 89.7 cm³/mol. The van der Waals surface area contributed by atoms with Crippen molar-refractivity contribution in [1.82, 2.24) is 9.88 Å². The Morgan fingerprint density at radius 3 is 2.83 bits per heavy atom. The number of carbonyl (C=O) groups excluding carboxylic acids is 1. The molecule has 0 unspecified atom stereocenters. The number of carbonyl (C=O) groups is 1. The van der Waals surface area contributed by atoms with Gasteiger partial charge in [-0.1, -0.05) is 30.3 Å². The molecule has 0 bridgehead atoms. The molecule has 118 valence electrons. The molecule has 1 amide bonds. The van der Waals surface area contributed by atoms with Crippen molar-refractivity contribution in [2.75, 3.05) is 6.54 Å². The highest BCUT2D eigenvalue weighted by Crippen LogP contribution is 2.15. The minimum atomic E-state index is -0.310. The van der Waals surface area contributed by atoms with Crippen LogP contribution in [0.4, 0.5) is 4.39 Å². The van der Waals surface area contributed by atoms with Crippen LogP contribution < -0.4 is 5.32 Å². The highest BCUT2D eigenvalue weighted by Gasteiger charge is 2.04. The van der Waals surface area contributed by atoms with E-state index < -0.39 is 0 Å². The molecular weight excluding hydrogens is 291 g/mol. The summed E-state index contributed by atoms with van der Waals surface area (Å²) in [5.41, 5.74) is 1.90. The lowest BCUT2D eigenvalue weighted by atomic mass is 10.1. The Labute approximate surface area is 134 Å². The number of hydrogen-bond acceptors (Lipinski definition) is 1. The topological polar surface area (TPSA) is 34.0 Å². The van der Waals surface area contributed by atoms with Gasteiger partial charge < -0.3 is 9.88 Å². The van der Waals surface area contributed by atoms with Crippen molar-refractivity contribution in [2.24, 2.45) is 0 Å². The third-order valence-electron chi connectivity index (χ3n) is 3.83. The summed E-state index contributed by atoms with van der Waals surface area (Å²) >= 11 is 0. The molecule has 0 aliphatic rings. The molecule has 0 aliphatic carbocycles. The number of aryl methyl sites for hydroxylation is 1. The van der Waals surface area contributed by atoms with Gasteiger partial charge >= 0.3 is 0 Å². The lowest BCUT2D eigenvalue weighted by Gasteiger charge is -2.07. The first-order valence-corrected chi connectivity index (χ1v) is 7.77. The molecule has 0 aliphatic heterocycles. The number of aromatic nitrogens is 1. The Hall–Kier alpha value is -2.62. The summed E-state index contributed by atoms with van der Waals surface area (Å²) in [6.45, 7) is 1.47. The zero-order chi connectivity index (χ0) is 16.1. The molecule has 0 spiro atoms. The van der Waals surface area contributed by atoms with E-state index in [2.05, 4.69) is 34.3 Å². The molecule has 0 fully saturated rings. The smallest absolute Gasteiger partial charge is 0.224 e. The van der Waals surface area contributed by atoms with E-state index in [1.54, 1.807) is 12.1 Å². The van der Waals surface area contributed by atoms with Crippen LogP contribution in [0.2, 0.25) is 0 Å². The maximum atomic E-state index is 13.1. The standard InChI is InChI=1S/C19H19FN2O/c20-17-7-3-5-15(13-17)14-19(23)21-10-4-11-22-12-9-16-6-1-2-8-18(16)22/h1-3,5-9,12-13H,4,10-11,14H2,(H,21,23). The minimum Gasteiger partial charge on any atom is -0.356 e. The Kier molecular flexibility index (Phi) is 4.71. The first kappa shape index (κ1) is 15.3. The van der Waals surface area contributed by atoms with Crippen molar-refractivity contribution >= 4 is 16.8 Å². The van der Waals surface area contributed by atoms with Gasteiger partial charge in [-0.15, -0.1) is 0 Å². The number of amides is 1. The summed E-state index contributed by atoms with van der Waals surface area (Å²) in [5, 5.41) is 4.11. The fourth-order valence-electron chi connectivity index (χ4n) is 2.71. The van der Waals surface area contributed by atoms with Crippen LogP contribution in [0.5, 0.6) is 0 Å². The molecule has 0 atom stereocenters. The van der Waals surface area contributed by atoms with Crippen LogP contribution in [0.25, 0.3) is 10.9 Å². The molecule has 23 heavy (non-hydrogen) atoms. The fourth-order valence-corrected chi connectivity index (χ4v) is 2.71. The molecule has 3 rings (SSSR count). The average molecular weight is 310 g/mol. The molecule has 4 heteroatoms. The Morgan fingerprint density at radius 2 is 1.96 bits per heavy atom. The van der Waals surface area contributed by atoms with Gasteiger partial charge in [0.15, 0.2) is 0 Å². The predicted octanol–water partition coefficient (Wildman–Crippen LogP) is 3.53. The number of para-hydroxylation sites is 1. The van der Waals surface area contributed by atoms with E-state index >= 15 is 0 Å². The summed E-state index contributed by atoms with van der Waals surface area (Å²) in [6.07, 6.45) is 3.14. The molecule has 1 aromatic heterocycles. The normalized spacial score (nSPS) is 10.8. The van der Waals surface area contributed by atoms with E-state index in [1.165, 1.54) is 23.0 Å². The van der Waals surface area contributed by atoms with E-state index in [4.69, 9.17) is 0 Å². The van der Waals surface area contributed by atoms with E-state index in [1.807, 2.05) is 12.1 Å². The van der Waals surface area contributed by atoms with Crippen LogP contribution in [0.1, 0.15) is 12.0 Å². The van der Waals surface area contributed by atoms with E-state index in [-0.39, 0.29) is 18.1 Å². The zero-order valence-electron chi connectivity index (χ0n) is 12.8. The van der Waals surface area contributed by atoms with E-state index in [0.29, 0.717) is 12.1 Å². The summed E-state index contributed by atoms with van der Waals surface area (Å²) in [4.78, 5) is 11.9. The third-order valence-corrected chi connectivity index (χ3v) is 3.83. The minimum absolute atomic E-state index is 0.0760. The van der Waals surface area contributed by atoms with Crippen LogP contribution >= 0.6 is 0 Å². The maximum Gasteiger partial charge on any atom is 0.224 e. The van der Waals surface area contributed by atoms with Gasteiger partial charge in [-0.2, -0.15) is 0 Å². The van der Waals surface area contributed by atoms with Gasteiger partial charge in [-0.25, -0.2) is 4.39 Å². The van der Waals surface area contributed by atoms with Crippen LogP contribution in [0, 0.1) is 5.82 Å². The van der Waals surface area contributed by atoms with E-state index in [0.717, 1.165) is 13.0 Å². The quantitative estimate of drug-likeness (QED) is 0.694. The van der Waals surface area contributed by atoms with Crippen molar-refractivity contribution in [1.29, 1.82) is 0 Å². The summed E-state index contributed by atoms with van der Waals surface area (Å²) < 4.78 is 15.3. The number of nitrogens with zero attached hydrogens (tertiary/aromatic N) is 1. The van der Waals surface area contributed by atoms with Gasteiger partial charge in [-0.05, 0) is 41.6 Å². The van der Waals surface area contributed by atoms with Gasteiger partial charge in [0.2, 0.25) is 5.91 Å². The molecule has 3 nitrogen and oxygen atoms in total. The number of nitrogens with one attached hydrogen (secondary N) is 1. The highest BCUT2D eigenvalue weighted by atomic mass is 19.1. The maximum absolute atomic E-state index is 13.1. The second kappa shape index (κ2) is 7.09. The van der Waals surface area contributed by atoms with Gasteiger partial charge in [0, 0.05) is 24.8 Å². The summed E-state index contributed by atoms with van der Waals surface area (Å²) in [5.74, 6) is -0.386. The Morgan fingerprint density at radius 1 is 1.09 bits per heavy atom. The van der Waals surface area contributed by atoms with Crippen molar-refractivity contribution < 1.29 is 9.18 Å². The third kappa shape index (κ3) is 3.97. The fraction of sp³-hybridized carbons (Fsp3) is 0.211. The number of halogens is 1. The second-order valence-corrected chi connectivity index (χ2v) is 5.58. The molecule has 0 radical (unpaired) electrons. The number of fused-ring (bicyclic) bond motifs is 1. The summed E-state index contributed by atoms with van der Waals surface area (Å²) in [6, 6.07) is 16.5. The van der Waals surface area contributed by atoms with E-state index in [9.17, 15) is 9.18 Å². The number of benzene rings is 2. The Bertz CT molecular complexity index is 810. The first-order chi connectivity index (χ1) is 11.2. The monoisotopic (exact) mass is 310 g/mol. The van der Waals surface area contributed by atoms with Crippen molar-refractivity contribution in [2.45, 2.75) is 19.4 Å². The van der Waals surface area contributed by atoms with Crippen molar-refractivity contribution in [3.8, 4) is 0 Å². The van der Waals surface area contributed by atoms with Crippen LogP contribution in [-0.4, -0.2) is 17.0 Å². The Balaban J connectivity index is 1.45. The van der Waals surface area contributed by atoms with Gasteiger partial charge in [0.25, 0.3) is 0 Å². The largest absolute Gasteiger partial charge is 0.356 e. The SMILES string of the molecule is O=C(Cc1cccc(F)c1)NCCCn1ccc2ccccc21. The van der Waals surface area contributed by atoms with Gasteiger partial charge in [0.05, 0.1) is 6.42 Å². The van der Waals surface area contributed by atoms with Crippen LogP contribution in [0.3, 0.4) is 0 Å². The van der Waals surface area contributed by atoms with Gasteiger partial charge in [0.1, 0.15) is 5.82 Å². The van der Waals surface area contributed by atoms with Crippen LogP contribution in [-0.2, 0) is 17.8 Å². The van der Waals surface area contributed by atoms with Crippen molar-refractivity contribution in [3.63, 3.8) is 0 Å². The first-order valence-electron chi connectivity index (χ1n) is 7.77. The van der Waals surface area contributed by atoms with Gasteiger partial charge in [-0.3, -0.25) is 4.79 Å².